The average Bonchev–Trinajstić information content (AvgIpc) is 3.13. The topological polar surface area (TPSA) is 61.9 Å². The Morgan fingerprint density at radius 3 is 3.00 bits per heavy atom. The standard InChI is InChI=1S/C12H16N4O/c1-9(7-13)8-15(2)11-12(17)16(6-5-14-11)10-3-4-10/h5-6,9-10H,3-4,8H2,1-2H3. The first-order valence-electron chi connectivity index (χ1n) is 5.81. The van der Waals surface area contributed by atoms with Crippen molar-refractivity contribution >= 4 is 5.82 Å². The van der Waals surface area contributed by atoms with Crippen LogP contribution in [0.1, 0.15) is 25.8 Å². The maximum atomic E-state index is 12.1. The molecule has 1 atom stereocenters. The number of hydrogen-bond acceptors (Lipinski definition) is 4. The molecule has 0 saturated heterocycles. The van der Waals surface area contributed by atoms with Gasteiger partial charge in [-0.05, 0) is 19.8 Å². The van der Waals surface area contributed by atoms with Crippen molar-refractivity contribution in [3.05, 3.63) is 22.7 Å². The summed E-state index contributed by atoms with van der Waals surface area (Å²) < 4.78 is 1.75. The minimum atomic E-state index is -0.115. The number of nitrogens with zero attached hydrogens (tertiary/aromatic N) is 4. The highest BCUT2D eigenvalue weighted by Gasteiger charge is 2.26. The smallest absolute Gasteiger partial charge is 0.293 e. The van der Waals surface area contributed by atoms with Crippen molar-refractivity contribution in [2.75, 3.05) is 18.5 Å². The van der Waals surface area contributed by atoms with E-state index in [1.165, 1.54) is 0 Å². The van der Waals surface area contributed by atoms with Crippen molar-refractivity contribution in [2.45, 2.75) is 25.8 Å². The summed E-state index contributed by atoms with van der Waals surface area (Å²) >= 11 is 0. The van der Waals surface area contributed by atoms with Gasteiger partial charge in [0.25, 0.3) is 5.56 Å². The highest BCUT2D eigenvalue weighted by molar-refractivity contribution is 5.35. The van der Waals surface area contributed by atoms with Gasteiger partial charge >= 0.3 is 0 Å². The quantitative estimate of drug-likeness (QED) is 0.782. The van der Waals surface area contributed by atoms with E-state index < -0.39 is 0 Å². The maximum Gasteiger partial charge on any atom is 0.293 e. The molecule has 0 spiro atoms. The summed E-state index contributed by atoms with van der Waals surface area (Å²) in [6, 6.07) is 2.51. The zero-order chi connectivity index (χ0) is 12.4. The van der Waals surface area contributed by atoms with Gasteiger partial charge in [0.2, 0.25) is 0 Å². The Hall–Kier alpha value is -1.83. The number of rotatable bonds is 4. The zero-order valence-electron chi connectivity index (χ0n) is 10.1. The van der Waals surface area contributed by atoms with E-state index in [9.17, 15) is 4.79 Å². The van der Waals surface area contributed by atoms with Crippen LogP contribution in [0.3, 0.4) is 0 Å². The van der Waals surface area contributed by atoms with E-state index in [2.05, 4.69) is 11.1 Å². The Kier molecular flexibility index (Phi) is 3.14. The van der Waals surface area contributed by atoms with Crippen molar-refractivity contribution < 1.29 is 0 Å². The van der Waals surface area contributed by atoms with Crippen molar-refractivity contribution in [1.82, 2.24) is 9.55 Å². The molecule has 1 aromatic rings. The normalized spacial score (nSPS) is 16.3. The summed E-state index contributed by atoms with van der Waals surface area (Å²) in [5.41, 5.74) is -0.0531. The van der Waals surface area contributed by atoms with Crippen LogP contribution in [0.2, 0.25) is 0 Å². The van der Waals surface area contributed by atoms with Crippen molar-refractivity contribution in [3.63, 3.8) is 0 Å². The molecule has 0 bridgehead atoms. The van der Waals surface area contributed by atoms with E-state index in [4.69, 9.17) is 5.26 Å². The van der Waals surface area contributed by atoms with Crippen LogP contribution in [0.5, 0.6) is 0 Å². The Morgan fingerprint density at radius 1 is 1.71 bits per heavy atom. The van der Waals surface area contributed by atoms with Crippen molar-refractivity contribution in [2.24, 2.45) is 5.92 Å². The largest absolute Gasteiger partial charge is 0.354 e. The molecule has 90 valence electrons. The van der Waals surface area contributed by atoms with Crippen LogP contribution in [0, 0.1) is 17.2 Å². The molecule has 1 unspecified atom stereocenters. The Labute approximate surface area is 100 Å². The van der Waals surface area contributed by atoms with E-state index in [1.54, 1.807) is 28.9 Å². The molecule has 5 nitrogen and oxygen atoms in total. The monoisotopic (exact) mass is 232 g/mol. The third kappa shape index (κ3) is 2.47. The van der Waals surface area contributed by atoms with E-state index in [-0.39, 0.29) is 11.5 Å². The molecule has 17 heavy (non-hydrogen) atoms. The molecule has 1 fully saturated rings. The number of anilines is 1. The maximum absolute atomic E-state index is 12.1. The van der Waals surface area contributed by atoms with Gasteiger partial charge in [-0.1, -0.05) is 0 Å². The lowest BCUT2D eigenvalue weighted by molar-refractivity contribution is 0.670. The lowest BCUT2D eigenvalue weighted by Gasteiger charge is -2.19. The molecular formula is C12H16N4O. The first kappa shape index (κ1) is 11.6. The van der Waals surface area contributed by atoms with Gasteiger partial charge in [0.05, 0.1) is 12.0 Å². The van der Waals surface area contributed by atoms with E-state index in [0.29, 0.717) is 18.4 Å². The summed E-state index contributed by atoms with van der Waals surface area (Å²) in [6.07, 6.45) is 5.54. The minimum Gasteiger partial charge on any atom is -0.354 e. The molecule has 5 heteroatoms. The first-order chi connectivity index (χ1) is 8.13. The molecule has 1 aromatic heterocycles. The summed E-state index contributed by atoms with van der Waals surface area (Å²) in [5.74, 6) is 0.317. The van der Waals surface area contributed by atoms with Crippen LogP contribution in [-0.2, 0) is 0 Å². The fourth-order valence-corrected chi connectivity index (χ4v) is 1.85. The SMILES string of the molecule is CC(C#N)CN(C)c1nccn(C2CC2)c1=O. The Bertz CT molecular complexity index is 498. The van der Waals surface area contributed by atoms with Crippen LogP contribution >= 0.6 is 0 Å². The van der Waals surface area contributed by atoms with Gasteiger partial charge in [-0.15, -0.1) is 0 Å². The number of hydrogen-bond donors (Lipinski definition) is 0. The second-order valence-electron chi connectivity index (χ2n) is 4.61. The van der Waals surface area contributed by atoms with Gasteiger partial charge in [-0.2, -0.15) is 5.26 Å². The van der Waals surface area contributed by atoms with Crippen molar-refractivity contribution in [3.8, 4) is 6.07 Å². The second kappa shape index (κ2) is 4.58. The third-order valence-corrected chi connectivity index (χ3v) is 2.92. The zero-order valence-corrected chi connectivity index (χ0v) is 10.1. The van der Waals surface area contributed by atoms with Crippen LogP contribution in [0.25, 0.3) is 0 Å². The summed E-state index contributed by atoms with van der Waals surface area (Å²) in [5, 5.41) is 8.77. The van der Waals surface area contributed by atoms with E-state index >= 15 is 0 Å². The molecule has 0 aromatic carbocycles. The summed E-state index contributed by atoms with van der Waals surface area (Å²) in [6.45, 7) is 2.35. The number of aromatic nitrogens is 2. The minimum absolute atomic E-state index is 0.0531. The van der Waals surface area contributed by atoms with E-state index in [0.717, 1.165) is 12.8 Å². The van der Waals surface area contributed by atoms with Gasteiger partial charge in [0, 0.05) is 32.0 Å². The van der Waals surface area contributed by atoms with Gasteiger partial charge in [-0.25, -0.2) is 4.98 Å². The third-order valence-electron chi connectivity index (χ3n) is 2.92. The predicted octanol–water partition coefficient (Wildman–Crippen LogP) is 1.17. The lowest BCUT2D eigenvalue weighted by Crippen LogP contribution is -2.32. The molecule has 2 rings (SSSR count). The molecule has 0 radical (unpaired) electrons. The summed E-state index contributed by atoms with van der Waals surface area (Å²) in [4.78, 5) is 18.0. The molecule has 1 aliphatic rings. The first-order valence-corrected chi connectivity index (χ1v) is 5.81. The highest BCUT2D eigenvalue weighted by atomic mass is 16.1. The number of nitriles is 1. The molecule has 1 aliphatic carbocycles. The lowest BCUT2D eigenvalue weighted by atomic mass is 10.2. The fourth-order valence-electron chi connectivity index (χ4n) is 1.85. The van der Waals surface area contributed by atoms with Crippen LogP contribution in [0.4, 0.5) is 5.82 Å². The molecular weight excluding hydrogens is 216 g/mol. The molecule has 1 heterocycles. The van der Waals surface area contributed by atoms with Gasteiger partial charge in [-0.3, -0.25) is 4.79 Å². The van der Waals surface area contributed by atoms with Crippen LogP contribution in [0.15, 0.2) is 17.2 Å². The Balaban J connectivity index is 2.23. The molecule has 1 saturated carbocycles. The van der Waals surface area contributed by atoms with E-state index in [1.807, 2.05) is 6.92 Å². The molecule has 0 N–H and O–H groups in total. The van der Waals surface area contributed by atoms with Gasteiger partial charge < -0.3 is 9.47 Å². The Morgan fingerprint density at radius 2 is 2.41 bits per heavy atom. The van der Waals surface area contributed by atoms with Crippen molar-refractivity contribution in [1.29, 1.82) is 5.26 Å². The molecule has 0 amide bonds. The average molecular weight is 232 g/mol. The van der Waals surface area contributed by atoms with Crippen LogP contribution in [-0.4, -0.2) is 23.1 Å². The predicted molar refractivity (Wildman–Crippen MR) is 64.8 cm³/mol. The van der Waals surface area contributed by atoms with Gasteiger partial charge in [0.1, 0.15) is 0 Å². The van der Waals surface area contributed by atoms with Crippen LogP contribution < -0.4 is 10.5 Å². The highest BCUT2D eigenvalue weighted by Crippen LogP contribution is 2.33. The molecule has 0 aliphatic heterocycles. The van der Waals surface area contributed by atoms with Gasteiger partial charge in [0.15, 0.2) is 5.82 Å². The second-order valence-corrected chi connectivity index (χ2v) is 4.61. The summed E-state index contributed by atoms with van der Waals surface area (Å²) in [7, 11) is 1.80. The fraction of sp³-hybridized carbons (Fsp3) is 0.583.